The van der Waals surface area contributed by atoms with Crippen molar-refractivity contribution in [1.29, 1.82) is 0 Å². The quantitative estimate of drug-likeness (QED) is 0.297. The molecule has 0 radical (unpaired) electrons. The normalized spacial score (nSPS) is 20.1. The highest BCUT2D eigenvalue weighted by atomic mass is 32.2. The molecular weight excluding hydrogens is 652 g/mol. The molecule has 1 aromatic heterocycles. The molecular formula is C34H48N6O8S. The molecule has 15 heteroatoms. The molecule has 1 aliphatic heterocycles. The predicted octanol–water partition coefficient (Wildman–Crippen LogP) is 4.19. The van der Waals surface area contributed by atoms with Gasteiger partial charge in [-0.15, -0.1) is 0 Å². The minimum absolute atomic E-state index is 0.0308. The number of benzene rings is 2. The molecule has 0 saturated heterocycles. The third kappa shape index (κ3) is 9.94. The third-order valence-corrected chi connectivity index (χ3v) is 10.2. The zero-order chi connectivity index (χ0) is 35.7. The van der Waals surface area contributed by atoms with Gasteiger partial charge < -0.3 is 39.4 Å². The number of carbonyl (C=O) groups excluding carboxylic acids is 2. The first-order valence-corrected chi connectivity index (χ1v) is 17.8. The monoisotopic (exact) mass is 700 g/mol. The first-order valence-electron chi connectivity index (χ1n) is 16.3. The highest BCUT2D eigenvalue weighted by molar-refractivity contribution is 7.89. The van der Waals surface area contributed by atoms with E-state index in [4.69, 9.17) is 14.2 Å². The van der Waals surface area contributed by atoms with Crippen molar-refractivity contribution in [3.05, 3.63) is 60.6 Å². The van der Waals surface area contributed by atoms with E-state index in [-0.39, 0.29) is 42.3 Å². The molecule has 0 saturated carbocycles. The number of sulfonamides is 1. The number of anilines is 2. The van der Waals surface area contributed by atoms with E-state index in [2.05, 4.69) is 15.6 Å². The largest absolute Gasteiger partial charge is 0.497 e. The number of aliphatic hydroxyl groups excluding tert-OH is 1. The van der Waals surface area contributed by atoms with Gasteiger partial charge in [-0.2, -0.15) is 4.31 Å². The molecule has 4 atom stereocenters. The summed E-state index contributed by atoms with van der Waals surface area (Å²) in [6.45, 7) is 5.81. The Balaban J connectivity index is 1.61. The molecule has 3 aromatic rings. The number of imidazole rings is 1. The summed E-state index contributed by atoms with van der Waals surface area (Å²) in [5.41, 5.74) is 1.13. The molecule has 2 aromatic carbocycles. The maximum atomic E-state index is 14.4. The molecule has 49 heavy (non-hydrogen) atoms. The van der Waals surface area contributed by atoms with Crippen LogP contribution in [-0.2, 0) is 21.8 Å². The number of aromatic nitrogens is 2. The number of methoxy groups -OCH3 is 1. The van der Waals surface area contributed by atoms with Gasteiger partial charge in [0.2, 0.25) is 0 Å². The lowest BCUT2D eigenvalue weighted by Crippen LogP contribution is -2.48. The van der Waals surface area contributed by atoms with Crippen LogP contribution in [0.15, 0.2) is 60.0 Å². The van der Waals surface area contributed by atoms with Crippen LogP contribution in [0.2, 0.25) is 0 Å². The molecule has 3 N–H and O–H groups in total. The van der Waals surface area contributed by atoms with Crippen LogP contribution in [0.4, 0.5) is 16.2 Å². The van der Waals surface area contributed by atoms with Gasteiger partial charge in [0, 0.05) is 57.3 Å². The molecule has 4 rings (SSSR count). The lowest BCUT2D eigenvalue weighted by atomic mass is 10.0. The van der Waals surface area contributed by atoms with Crippen molar-refractivity contribution in [3.8, 4) is 11.5 Å². The number of hydrogen-bond donors (Lipinski definition) is 3. The first-order chi connectivity index (χ1) is 23.3. The Morgan fingerprint density at radius 3 is 2.49 bits per heavy atom. The van der Waals surface area contributed by atoms with Crippen LogP contribution >= 0.6 is 0 Å². The number of nitrogens with one attached hydrogen (secondary N) is 2. The Hall–Kier alpha value is -4.18. The number of nitrogens with zero attached hydrogens (tertiary/aromatic N) is 4. The van der Waals surface area contributed by atoms with Crippen molar-refractivity contribution < 1.29 is 37.3 Å². The van der Waals surface area contributed by atoms with Gasteiger partial charge in [0.05, 0.1) is 43.9 Å². The Morgan fingerprint density at radius 1 is 1.14 bits per heavy atom. The summed E-state index contributed by atoms with van der Waals surface area (Å²) in [7, 11) is 0.848. The smallest absolute Gasteiger partial charge is 0.323 e. The van der Waals surface area contributed by atoms with E-state index in [1.807, 2.05) is 13.8 Å². The Bertz CT molecular complexity index is 1660. The van der Waals surface area contributed by atoms with Crippen molar-refractivity contribution in [1.82, 2.24) is 18.8 Å². The summed E-state index contributed by atoms with van der Waals surface area (Å²) in [5, 5.41) is 15.7. The summed E-state index contributed by atoms with van der Waals surface area (Å²) in [6.07, 6.45) is 4.26. The van der Waals surface area contributed by atoms with E-state index in [1.165, 1.54) is 28.8 Å². The van der Waals surface area contributed by atoms with Crippen LogP contribution < -0.4 is 20.1 Å². The standard InChI is InChI=1S/C34H48N6O8S/c1-23-18-40(24(2)21-41)33(42)29-17-27(37-34(43)36-26-10-13-28(46-6)14-11-26)12-15-30(29)48-25(3)9-7-8-16-47-31(23)19-39(5)49(44,45)32-20-38(4)22-35-32/h10-15,17,20,22-25,31,41H,7-9,16,18-19,21H2,1-6H3,(H2,36,37,43)/t23-,24+,25+,31-/m0/s1. The SMILES string of the molecule is COc1ccc(NC(=O)Nc2ccc3c(c2)C(=O)N([C@H](C)CO)C[C@H](C)[C@H](CN(C)S(=O)(=O)c2cn(C)cn2)OCCCC[C@@H](C)O3)cc1. The molecule has 14 nitrogen and oxygen atoms in total. The summed E-state index contributed by atoms with van der Waals surface area (Å²) in [5.74, 6) is 0.245. The second kappa shape index (κ2) is 17.0. The predicted molar refractivity (Wildman–Crippen MR) is 186 cm³/mol. The molecule has 0 bridgehead atoms. The third-order valence-electron chi connectivity index (χ3n) is 8.45. The van der Waals surface area contributed by atoms with E-state index in [1.54, 1.807) is 68.1 Å². The zero-order valence-corrected chi connectivity index (χ0v) is 29.8. The summed E-state index contributed by atoms with van der Waals surface area (Å²) >= 11 is 0. The van der Waals surface area contributed by atoms with Crippen molar-refractivity contribution in [2.75, 3.05) is 51.1 Å². The van der Waals surface area contributed by atoms with Crippen molar-refractivity contribution in [3.63, 3.8) is 0 Å². The van der Waals surface area contributed by atoms with Gasteiger partial charge >= 0.3 is 6.03 Å². The number of aryl methyl sites for hydroxylation is 1. The number of hydrogen-bond acceptors (Lipinski definition) is 9. The number of likely N-dealkylation sites (N-methyl/N-ethyl adjacent to an activating group) is 1. The van der Waals surface area contributed by atoms with Crippen molar-refractivity contribution in [2.45, 2.75) is 63.3 Å². The van der Waals surface area contributed by atoms with Gasteiger partial charge in [-0.05, 0) is 75.6 Å². The maximum absolute atomic E-state index is 14.4. The Morgan fingerprint density at radius 2 is 1.84 bits per heavy atom. The molecule has 2 heterocycles. The van der Waals surface area contributed by atoms with Gasteiger partial charge in [0.25, 0.3) is 15.9 Å². The van der Waals surface area contributed by atoms with Crippen LogP contribution in [0.25, 0.3) is 0 Å². The van der Waals surface area contributed by atoms with Gasteiger partial charge in [0.1, 0.15) is 11.5 Å². The van der Waals surface area contributed by atoms with E-state index in [0.717, 1.165) is 12.8 Å². The minimum atomic E-state index is -3.89. The number of amides is 3. The van der Waals surface area contributed by atoms with Crippen LogP contribution in [0, 0.1) is 5.92 Å². The van der Waals surface area contributed by atoms with Gasteiger partial charge in [0.15, 0.2) is 5.03 Å². The summed E-state index contributed by atoms with van der Waals surface area (Å²) in [4.78, 5) is 32.8. The number of carbonyl (C=O) groups is 2. The van der Waals surface area contributed by atoms with Crippen LogP contribution in [0.1, 0.15) is 50.4 Å². The number of urea groups is 1. The van der Waals surface area contributed by atoms with E-state index >= 15 is 0 Å². The van der Waals surface area contributed by atoms with E-state index in [9.17, 15) is 23.1 Å². The highest BCUT2D eigenvalue weighted by Gasteiger charge is 2.33. The molecule has 0 aliphatic carbocycles. The number of ether oxygens (including phenoxy) is 3. The second-order valence-corrected chi connectivity index (χ2v) is 14.5. The first kappa shape index (κ1) is 37.6. The molecule has 3 amide bonds. The lowest BCUT2D eigenvalue weighted by molar-refractivity contribution is -0.00835. The number of rotatable bonds is 9. The molecule has 0 unspecified atom stereocenters. The van der Waals surface area contributed by atoms with Crippen LogP contribution in [-0.4, -0.2) is 103 Å². The molecule has 0 fully saturated rings. The topological polar surface area (TPSA) is 165 Å². The van der Waals surface area contributed by atoms with Crippen LogP contribution in [0.5, 0.6) is 11.5 Å². The summed E-state index contributed by atoms with van der Waals surface area (Å²) in [6, 6.07) is 10.6. The molecule has 0 spiro atoms. The van der Waals surface area contributed by atoms with Crippen molar-refractivity contribution >= 4 is 33.3 Å². The maximum Gasteiger partial charge on any atom is 0.323 e. The van der Waals surface area contributed by atoms with Gasteiger partial charge in [-0.3, -0.25) is 4.79 Å². The molecule has 268 valence electrons. The number of fused-ring (bicyclic) bond motifs is 1. The minimum Gasteiger partial charge on any atom is -0.497 e. The lowest BCUT2D eigenvalue weighted by Gasteiger charge is -2.35. The fourth-order valence-electron chi connectivity index (χ4n) is 5.46. The van der Waals surface area contributed by atoms with Gasteiger partial charge in [-0.1, -0.05) is 6.92 Å². The second-order valence-electron chi connectivity index (χ2n) is 12.5. The Labute approximate surface area is 288 Å². The van der Waals surface area contributed by atoms with E-state index < -0.39 is 34.1 Å². The van der Waals surface area contributed by atoms with Crippen LogP contribution in [0.3, 0.4) is 0 Å². The number of aliphatic hydroxyl groups is 1. The fraction of sp³-hybridized carbons (Fsp3) is 0.500. The van der Waals surface area contributed by atoms with E-state index in [0.29, 0.717) is 35.9 Å². The fourth-order valence-corrected chi connectivity index (χ4v) is 6.61. The highest BCUT2D eigenvalue weighted by Crippen LogP contribution is 2.29. The summed E-state index contributed by atoms with van der Waals surface area (Å²) < 4.78 is 47.1. The average Bonchev–Trinajstić information content (AvgIpc) is 3.53. The zero-order valence-electron chi connectivity index (χ0n) is 29.0. The van der Waals surface area contributed by atoms with Crippen molar-refractivity contribution in [2.24, 2.45) is 13.0 Å². The average molecular weight is 701 g/mol. The van der Waals surface area contributed by atoms with Gasteiger partial charge in [-0.25, -0.2) is 18.2 Å². The molecule has 1 aliphatic rings. The Kier molecular flexibility index (Phi) is 13.0.